The van der Waals surface area contributed by atoms with Gasteiger partial charge in [-0.15, -0.1) is 0 Å². The Balaban J connectivity index is 1.92. The number of nitrogens with one attached hydrogen (secondary N) is 1. The fraction of sp³-hybridized carbons (Fsp3) is 0.350. The summed E-state index contributed by atoms with van der Waals surface area (Å²) in [5.74, 6) is -0.171. The Morgan fingerprint density at radius 2 is 1.93 bits per heavy atom. The van der Waals surface area contributed by atoms with Crippen LogP contribution in [0.2, 0.25) is 0 Å². The summed E-state index contributed by atoms with van der Waals surface area (Å²) in [6.45, 7) is 7.39. The van der Waals surface area contributed by atoms with E-state index in [2.05, 4.69) is 4.72 Å². The molecule has 1 heterocycles. The zero-order valence-corrected chi connectivity index (χ0v) is 17.0. The maximum absolute atomic E-state index is 13.8. The third kappa shape index (κ3) is 3.96. The number of amides is 1. The highest BCUT2D eigenvalue weighted by Crippen LogP contribution is 2.30. The van der Waals surface area contributed by atoms with E-state index in [1.54, 1.807) is 36.9 Å². The predicted molar refractivity (Wildman–Crippen MR) is 104 cm³/mol. The number of sulfonamides is 1. The molecule has 1 N–H and O–H groups in total. The van der Waals surface area contributed by atoms with Crippen molar-refractivity contribution in [2.45, 2.75) is 51.3 Å². The van der Waals surface area contributed by atoms with Crippen LogP contribution in [0, 0.1) is 12.7 Å². The standard InChI is InChI=1S/C20H23FN2O4S/c1-12(2)23-11-15-9-16(6-8-19(15)27-14(4)20(23)24)22-28(25,26)17-7-5-13(3)18(21)10-17/h5-10,12,14,22H,11H2,1-4H3/t14-/m1/s1. The molecule has 0 spiro atoms. The normalized spacial score (nSPS) is 17.1. The Hall–Kier alpha value is -2.61. The lowest BCUT2D eigenvalue weighted by Gasteiger charge is -2.26. The molecule has 0 fully saturated rings. The van der Waals surface area contributed by atoms with E-state index in [1.807, 2.05) is 13.8 Å². The molecule has 0 aromatic heterocycles. The summed E-state index contributed by atoms with van der Waals surface area (Å²) in [4.78, 5) is 14.0. The van der Waals surface area contributed by atoms with Crippen molar-refractivity contribution >= 4 is 21.6 Å². The lowest BCUT2D eigenvalue weighted by molar-refractivity contribution is -0.139. The second kappa shape index (κ2) is 7.43. The van der Waals surface area contributed by atoms with Gasteiger partial charge in [0.25, 0.3) is 15.9 Å². The molecule has 0 unspecified atom stereocenters. The summed E-state index contributed by atoms with van der Waals surface area (Å²) in [6.07, 6.45) is -0.623. The van der Waals surface area contributed by atoms with E-state index >= 15 is 0 Å². The second-order valence-electron chi connectivity index (χ2n) is 7.16. The summed E-state index contributed by atoms with van der Waals surface area (Å²) < 4.78 is 47.2. The van der Waals surface area contributed by atoms with Crippen molar-refractivity contribution in [3.05, 3.63) is 53.3 Å². The smallest absolute Gasteiger partial charge is 0.263 e. The Morgan fingerprint density at radius 3 is 2.57 bits per heavy atom. The van der Waals surface area contributed by atoms with Gasteiger partial charge < -0.3 is 9.64 Å². The third-order valence-corrected chi connectivity index (χ3v) is 6.04. The van der Waals surface area contributed by atoms with E-state index < -0.39 is 21.9 Å². The number of hydrogen-bond donors (Lipinski definition) is 1. The number of carbonyl (C=O) groups excluding carboxylic acids is 1. The predicted octanol–water partition coefficient (Wildman–Crippen LogP) is 3.45. The molecular weight excluding hydrogens is 383 g/mol. The van der Waals surface area contributed by atoms with Crippen LogP contribution in [0.5, 0.6) is 5.75 Å². The number of benzene rings is 2. The van der Waals surface area contributed by atoms with Gasteiger partial charge in [-0.2, -0.15) is 0 Å². The Labute approximate surface area is 164 Å². The van der Waals surface area contributed by atoms with Gasteiger partial charge in [-0.05, 0) is 63.6 Å². The summed E-state index contributed by atoms with van der Waals surface area (Å²) >= 11 is 0. The van der Waals surface area contributed by atoms with Gasteiger partial charge in [0.2, 0.25) is 0 Å². The van der Waals surface area contributed by atoms with Gasteiger partial charge in [-0.3, -0.25) is 9.52 Å². The van der Waals surface area contributed by atoms with Crippen LogP contribution in [0.4, 0.5) is 10.1 Å². The van der Waals surface area contributed by atoms with Gasteiger partial charge in [0.15, 0.2) is 6.10 Å². The molecule has 1 aliphatic heterocycles. The summed E-state index contributed by atoms with van der Waals surface area (Å²) in [5.41, 5.74) is 1.38. The fourth-order valence-electron chi connectivity index (χ4n) is 3.01. The van der Waals surface area contributed by atoms with Crippen LogP contribution in [0.1, 0.15) is 31.9 Å². The van der Waals surface area contributed by atoms with Crippen molar-refractivity contribution in [2.75, 3.05) is 4.72 Å². The first-order valence-electron chi connectivity index (χ1n) is 8.97. The maximum atomic E-state index is 13.8. The summed E-state index contributed by atoms with van der Waals surface area (Å²) in [7, 11) is -3.95. The highest BCUT2D eigenvalue weighted by atomic mass is 32.2. The van der Waals surface area contributed by atoms with Crippen LogP contribution in [0.15, 0.2) is 41.3 Å². The van der Waals surface area contributed by atoms with E-state index in [4.69, 9.17) is 4.74 Å². The first kappa shape index (κ1) is 20.1. The van der Waals surface area contributed by atoms with Gasteiger partial charge in [0.05, 0.1) is 4.90 Å². The Morgan fingerprint density at radius 1 is 1.21 bits per heavy atom. The van der Waals surface area contributed by atoms with Crippen LogP contribution in [0.25, 0.3) is 0 Å². The quantitative estimate of drug-likeness (QED) is 0.844. The molecule has 150 valence electrons. The highest BCUT2D eigenvalue weighted by Gasteiger charge is 2.29. The molecule has 1 atom stereocenters. The monoisotopic (exact) mass is 406 g/mol. The molecular formula is C20H23FN2O4S. The molecule has 0 saturated heterocycles. The van der Waals surface area contributed by atoms with Crippen LogP contribution < -0.4 is 9.46 Å². The van der Waals surface area contributed by atoms with E-state index in [0.29, 0.717) is 29.1 Å². The number of ether oxygens (including phenoxy) is 1. The number of nitrogens with zero attached hydrogens (tertiary/aromatic N) is 1. The SMILES string of the molecule is Cc1ccc(S(=O)(=O)Nc2ccc3c(c2)CN(C(C)C)C(=O)[C@@H](C)O3)cc1F. The third-order valence-electron chi connectivity index (χ3n) is 4.66. The molecule has 0 aliphatic carbocycles. The number of aryl methyl sites for hydroxylation is 1. The van der Waals surface area contributed by atoms with Crippen molar-refractivity contribution in [3.8, 4) is 5.75 Å². The molecule has 0 bridgehead atoms. The molecule has 2 aromatic carbocycles. The number of hydrogen-bond acceptors (Lipinski definition) is 4. The van der Waals surface area contributed by atoms with E-state index in [0.717, 1.165) is 6.07 Å². The van der Waals surface area contributed by atoms with E-state index in [-0.39, 0.29) is 16.8 Å². The average Bonchev–Trinajstić information content (AvgIpc) is 2.74. The van der Waals surface area contributed by atoms with Gasteiger partial charge in [-0.1, -0.05) is 6.07 Å². The van der Waals surface area contributed by atoms with Crippen molar-refractivity contribution in [3.63, 3.8) is 0 Å². The highest BCUT2D eigenvalue weighted by molar-refractivity contribution is 7.92. The number of carbonyl (C=O) groups is 1. The molecule has 2 aromatic rings. The number of rotatable bonds is 4. The van der Waals surface area contributed by atoms with Crippen molar-refractivity contribution in [1.82, 2.24) is 4.90 Å². The molecule has 6 nitrogen and oxygen atoms in total. The molecule has 28 heavy (non-hydrogen) atoms. The fourth-order valence-corrected chi connectivity index (χ4v) is 4.07. The van der Waals surface area contributed by atoms with Crippen molar-refractivity contribution in [2.24, 2.45) is 0 Å². The minimum atomic E-state index is -3.95. The average molecular weight is 406 g/mol. The van der Waals surface area contributed by atoms with Gasteiger partial charge in [0.1, 0.15) is 11.6 Å². The van der Waals surface area contributed by atoms with Crippen molar-refractivity contribution in [1.29, 1.82) is 0 Å². The summed E-state index contributed by atoms with van der Waals surface area (Å²) in [6, 6.07) is 8.57. The largest absolute Gasteiger partial charge is 0.481 e. The van der Waals surface area contributed by atoms with Gasteiger partial charge in [0, 0.05) is 23.8 Å². The lowest BCUT2D eigenvalue weighted by atomic mass is 10.1. The lowest BCUT2D eigenvalue weighted by Crippen LogP contribution is -2.41. The van der Waals surface area contributed by atoms with Gasteiger partial charge >= 0.3 is 0 Å². The molecule has 1 aliphatic rings. The van der Waals surface area contributed by atoms with Crippen LogP contribution >= 0.6 is 0 Å². The first-order chi connectivity index (χ1) is 13.1. The Bertz CT molecular complexity index is 1020. The molecule has 3 rings (SSSR count). The zero-order valence-electron chi connectivity index (χ0n) is 16.2. The van der Waals surface area contributed by atoms with E-state index in [1.165, 1.54) is 12.1 Å². The van der Waals surface area contributed by atoms with Gasteiger partial charge in [-0.25, -0.2) is 12.8 Å². The Kier molecular flexibility index (Phi) is 5.34. The van der Waals surface area contributed by atoms with Crippen LogP contribution in [-0.2, 0) is 21.4 Å². The number of anilines is 1. The molecule has 1 amide bonds. The molecule has 0 radical (unpaired) electrons. The molecule has 0 saturated carbocycles. The first-order valence-corrected chi connectivity index (χ1v) is 10.5. The minimum absolute atomic E-state index is 0.0274. The summed E-state index contributed by atoms with van der Waals surface area (Å²) in [5, 5.41) is 0. The number of fused-ring (bicyclic) bond motifs is 1. The minimum Gasteiger partial charge on any atom is -0.481 e. The van der Waals surface area contributed by atoms with E-state index in [9.17, 15) is 17.6 Å². The number of halogens is 1. The second-order valence-corrected chi connectivity index (χ2v) is 8.84. The topological polar surface area (TPSA) is 75.7 Å². The van der Waals surface area contributed by atoms with Crippen LogP contribution in [-0.4, -0.2) is 31.4 Å². The van der Waals surface area contributed by atoms with Crippen molar-refractivity contribution < 1.29 is 22.3 Å². The zero-order chi connectivity index (χ0) is 20.6. The van der Waals surface area contributed by atoms with Crippen LogP contribution in [0.3, 0.4) is 0 Å². The molecule has 8 heteroatoms. The maximum Gasteiger partial charge on any atom is 0.263 e.